The van der Waals surface area contributed by atoms with E-state index in [2.05, 4.69) is 5.32 Å². The number of anilines is 1. The van der Waals surface area contributed by atoms with Crippen LogP contribution in [0.4, 0.5) is 10.5 Å². The van der Waals surface area contributed by atoms with E-state index in [0.29, 0.717) is 17.1 Å². The van der Waals surface area contributed by atoms with Crippen LogP contribution in [0, 0.1) is 0 Å². The van der Waals surface area contributed by atoms with Gasteiger partial charge in [-0.3, -0.25) is 9.36 Å². The largest absolute Gasteiger partial charge is 0.482 e. The van der Waals surface area contributed by atoms with Crippen LogP contribution in [0.5, 0.6) is 5.75 Å². The number of fused-ring (bicyclic) bond motifs is 1. The van der Waals surface area contributed by atoms with Gasteiger partial charge in [0.1, 0.15) is 11.4 Å². The highest BCUT2D eigenvalue weighted by atomic mass is 16.6. The van der Waals surface area contributed by atoms with E-state index in [4.69, 9.17) is 9.47 Å². The molecule has 6 heteroatoms. The highest BCUT2D eigenvalue weighted by Crippen LogP contribution is 2.33. The maximum absolute atomic E-state index is 12.3. The van der Waals surface area contributed by atoms with Gasteiger partial charge in [-0.1, -0.05) is 0 Å². The fourth-order valence-corrected chi connectivity index (χ4v) is 2.33. The number of benzene rings is 1. The van der Waals surface area contributed by atoms with Crippen molar-refractivity contribution in [2.75, 3.05) is 11.9 Å². The van der Waals surface area contributed by atoms with E-state index in [1.807, 2.05) is 32.9 Å². The molecule has 1 N–H and O–H groups in total. The van der Waals surface area contributed by atoms with Gasteiger partial charge in [0.15, 0.2) is 6.61 Å². The molecule has 1 aromatic carbocycles. The van der Waals surface area contributed by atoms with Crippen LogP contribution in [0.15, 0.2) is 36.5 Å². The second-order valence-corrected chi connectivity index (χ2v) is 6.29. The second-order valence-electron chi connectivity index (χ2n) is 6.29. The van der Waals surface area contributed by atoms with E-state index >= 15 is 0 Å². The number of ether oxygens (including phenoxy) is 2. The average molecular weight is 314 g/mol. The molecule has 0 saturated heterocycles. The van der Waals surface area contributed by atoms with Gasteiger partial charge < -0.3 is 14.8 Å². The summed E-state index contributed by atoms with van der Waals surface area (Å²) in [5.41, 5.74) is 1.49. The molecule has 2 aromatic rings. The van der Waals surface area contributed by atoms with Crippen LogP contribution in [-0.4, -0.2) is 28.8 Å². The van der Waals surface area contributed by atoms with Crippen molar-refractivity contribution >= 4 is 17.7 Å². The Bertz CT molecular complexity index is 771. The molecule has 1 amide bonds. The molecule has 0 unspecified atom stereocenters. The van der Waals surface area contributed by atoms with Gasteiger partial charge in [0.05, 0.1) is 11.4 Å². The average Bonchev–Trinajstić information content (AvgIpc) is 2.94. The minimum Gasteiger partial charge on any atom is -0.482 e. The zero-order chi connectivity index (χ0) is 16.6. The SMILES string of the molecule is CC(C)(C)OC(=O)n1cccc1-c1ccc2c(c1)NC(=O)CO2. The summed E-state index contributed by atoms with van der Waals surface area (Å²) >= 11 is 0. The predicted octanol–water partition coefficient (Wildman–Crippen LogP) is 3.27. The van der Waals surface area contributed by atoms with Gasteiger partial charge >= 0.3 is 6.09 Å². The van der Waals surface area contributed by atoms with Gasteiger partial charge in [-0.25, -0.2) is 4.79 Å². The van der Waals surface area contributed by atoms with E-state index in [1.165, 1.54) is 4.57 Å². The number of nitrogens with one attached hydrogen (secondary N) is 1. The van der Waals surface area contributed by atoms with E-state index in [9.17, 15) is 9.59 Å². The van der Waals surface area contributed by atoms with E-state index in [0.717, 1.165) is 5.56 Å². The number of nitrogens with zero attached hydrogens (tertiary/aromatic N) is 1. The van der Waals surface area contributed by atoms with Crippen LogP contribution in [0.25, 0.3) is 11.3 Å². The number of carbonyl (C=O) groups excluding carboxylic acids is 2. The Balaban J connectivity index is 1.95. The van der Waals surface area contributed by atoms with Gasteiger partial charge in [-0.15, -0.1) is 0 Å². The monoisotopic (exact) mass is 314 g/mol. The van der Waals surface area contributed by atoms with Crippen LogP contribution >= 0.6 is 0 Å². The fraction of sp³-hybridized carbons (Fsp3) is 0.294. The number of hydrogen-bond acceptors (Lipinski definition) is 4. The van der Waals surface area contributed by atoms with Crippen molar-refractivity contribution in [1.29, 1.82) is 0 Å². The van der Waals surface area contributed by atoms with Gasteiger partial charge in [0.2, 0.25) is 0 Å². The summed E-state index contributed by atoms with van der Waals surface area (Å²) in [7, 11) is 0. The maximum atomic E-state index is 12.3. The molecular formula is C17H18N2O4. The van der Waals surface area contributed by atoms with Gasteiger partial charge in [0.25, 0.3) is 5.91 Å². The molecule has 23 heavy (non-hydrogen) atoms. The Morgan fingerprint density at radius 2 is 2.09 bits per heavy atom. The summed E-state index contributed by atoms with van der Waals surface area (Å²) in [6, 6.07) is 8.98. The molecule has 1 aliphatic rings. The lowest BCUT2D eigenvalue weighted by Gasteiger charge is -2.21. The lowest BCUT2D eigenvalue weighted by Crippen LogP contribution is -2.27. The summed E-state index contributed by atoms with van der Waals surface area (Å²) in [6.45, 7) is 5.47. The minimum atomic E-state index is -0.573. The van der Waals surface area contributed by atoms with Crippen molar-refractivity contribution in [3.05, 3.63) is 36.5 Å². The summed E-state index contributed by atoms with van der Waals surface area (Å²) in [6.07, 6.45) is 1.20. The van der Waals surface area contributed by atoms with E-state index in [-0.39, 0.29) is 12.5 Å². The third-order valence-corrected chi connectivity index (χ3v) is 3.25. The van der Waals surface area contributed by atoms with E-state index < -0.39 is 11.7 Å². The van der Waals surface area contributed by atoms with Crippen LogP contribution in [0.3, 0.4) is 0 Å². The number of aromatic nitrogens is 1. The Labute approximate surface area is 134 Å². The predicted molar refractivity (Wildman–Crippen MR) is 85.6 cm³/mol. The maximum Gasteiger partial charge on any atom is 0.418 e. The summed E-state index contributed by atoms with van der Waals surface area (Å²) in [5.74, 6) is 0.417. The Morgan fingerprint density at radius 3 is 2.83 bits per heavy atom. The first-order valence-electron chi connectivity index (χ1n) is 7.31. The third-order valence-electron chi connectivity index (χ3n) is 3.25. The minimum absolute atomic E-state index is 0.0145. The zero-order valence-electron chi connectivity index (χ0n) is 13.3. The number of amides is 1. The number of rotatable bonds is 1. The first-order valence-corrected chi connectivity index (χ1v) is 7.31. The molecule has 1 aliphatic heterocycles. The topological polar surface area (TPSA) is 69.6 Å². The molecular weight excluding hydrogens is 296 g/mol. The second kappa shape index (κ2) is 5.46. The molecule has 120 valence electrons. The standard InChI is InChI=1S/C17H18N2O4/c1-17(2,3)23-16(21)19-8-4-5-13(19)11-6-7-14-12(9-11)18-15(20)10-22-14/h4-9H,10H2,1-3H3,(H,18,20). The van der Waals surface area contributed by atoms with Gasteiger partial charge in [-0.05, 0) is 51.1 Å². The quantitative estimate of drug-likeness (QED) is 0.877. The first-order chi connectivity index (χ1) is 10.8. The fourth-order valence-electron chi connectivity index (χ4n) is 2.33. The highest BCUT2D eigenvalue weighted by Gasteiger charge is 2.21. The van der Waals surface area contributed by atoms with Crippen molar-refractivity contribution < 1.29 is 19.1 Å². The van der Waals surface area contributed by atoms with Crippen LogP contribution in [0.2, 0.25) is 0 Å². The van der Waals surface area contributed by atoms with Crippen LogP contribution in [0.1, 0.15) is 20.8 Å². The molecule has 1 aromatic heterocycles. The molecule has 0 atom stereocenters. The molecule has 0 aliphatic carbocycles. The summed E-state index contributed by atoms with van der Waals surface area (Å²) in [5, 5.41) is 2.76. The number of hydrogen-bond donors (Lipinski definition) is 1. The Morgan fingerprint density at radius 1 is 1.30 bits per heavy atom. The molecule has 0 saturated carbocycles. The molecule has 6 nitrogen and oxygen atoms in total. The zero-order valence-corrected chi connectivity index (χ0v) is 13.3. The van der Waals surface area contributed by atoms with Gasteiger partial charge in [0, 0.05) is 11.8 Å². The summed E-state index contributed by atoms with van der Waals surface area (Å²) < 4.78 is 12.2. The molecule has 0 fully saturated rings. The first kappa shape index (κ1) is 15.1. The molecule has 3 rings (SSSR count). The highest BCUT2D eigenvalue weighted by molar-refractivity contribution is 5.96. The van der Waals surface area contributed by atoms with Crippen molar-refractivity contribution in [2.45, 2.75) is 26.4 Å². The smallest absolute Gasteiger partial charge is 0.418 e. The summed E-state index contributed by atoms with van der Waals surface area (Å²) in [4.78, 5) is 23.7. The molecule has 2 heterocycles. The Kier molecular flexibility index (Phi) is 3.60. The van der Waals surface area contributed by atoms with Crippen molar-refractivity contribution in [3.63, 3.8) is 0 Å². The van der Waals surface area contributed by atoms with E-state index in [1.54, 1.807) is 24.4 Å². The molecule has 0 spiro atoms. The number of carbonyl (C=O) groups is 2. The van der Waals surface area contributed by atoms with Crippen molar-refractivity contribution in [2.24, 2.45) is 0 Å². The lowest BCUT2D eigenvalue weighted by atomic mass is 10.1. The lowest BCUT2D eigenvalue weighted by molar-refractivity contribution is -0.118. The van der Waals surface area contributed by atoms with Crippen LogP contribution < -0.4 is 10.1 Å². The van der Waals surface area contributed by atoms with Crippen molar-refractivity contribution in [3.8, 4) is 17.0 Å². The molecule has 0 radical (unpaired) electrons. The van der Waals surface area contributed by atoms with Gasteiger partial charge in [-0.2, -0.15) is 0 Å². The third kappa shape index (κ3) is 3.21. The van der Waals surface area contributed by atoms with Crippen LogP contribution in [-0.2, 0) is 9.53 Å². The van der Waals surface area contributed by atoms with Crippen molar-refractivity contribution in [1.82, 2.24) is 4.57 Å². The normalized spacial score (nSPS) is 13.8. The molecule has 0 bridgehead atoms. The Hall–Kier alpha value is -2.76.